The fourth-order valence-corrected chi connectivity index (χ4v) is 3.13. The first-order chi connectivity index (χ1) is 13.2. The van der Waals surface area contributed by atoms with Crippen LogP contribution in [0.1, 0.15) is 36.7 Å². The highest BCUT2D eigenvalue weighted by Crippen LogP contribution is 2.21. The van der Waals surface area contributed by atoms with Gasteiger partial charge < -0.3 is 15.1 Å². The van der Waals surface area contributed by atoms with Crippen molar-refractivity contribution >= 4 is 11.7 Å². The molecule has 27 heavy (non-hydrogen) atoms. The van der Waals surface area contributed by atoms with Crippen LogP contribution in [0.2, 0.25) is 0 Å². The van der Waals surface area contributed by atoms with E-state index in [1.807, 2.05) is 36.4 Å². The van der Waals surface area contributed by atoms with E-state index in [0.29, 0.717) is 18.1 Å². The maximum absolute atomic E-state index is 12.7. The van der Waals surface area contributed by atoms with Crippen LogP contribution in [0.15, 0.2) is 36.4 Å². The minimum Gasteiger partial charge on any atom is -0.354 e. The number of anilines is 1. The Morgan fingerprint density at radius 1 is 1.07 bits per heavy atom. The molecular formula is C21H29N5O. The van der Waals surface area contributed by atoms with Gasteiger partial charge in [0.15, 0.2) is 5.82 Å². The number of carbonyl (C=O) groups is 1. The van der Waals surface area contributed by atoms with E-state index in [0.717, 1.165) is 56.8 Å². The summed E-state index contributed by atoms with van der Waals surface area (Å²) in [7, 11) is 2.13. The van der Waals surface area contributed by atoms with Gasteiger partial charge in [-0.1, -0.05) is 50.1 Å². The van der Waals surface area contributed by atoms with Crippen molar-refractivity contribution in [2.45, 2.75) is 26.2 Å². The average Bonchev–Trinajstić information content (AvgIpc) is 2.72. The summed E-state index contributed by atoms with van der Waals surface area (Å²) in [5.41, 5.74) is 1.36. The molecule has 0 bridgehead atoms. The van der Waals surface area contributed by atoms with Crippen molar-refractivity contribution in [1.29, 1.82) is 0 Å². The predicted molar refractivity (Wildman–Crippen MR) is 109 cm³/mol. The predicted octanol–water partition coefficient (Wildman–Crippen LogP) is 2.82. The Hall–Kier alpha value is -2.47. The Morgan fingerprint density at radius 2 is 1.81 bits per heavy atom. The molecule has 1 N–H and O–H groups in total. The Morgan fingerprint density at radius 3 is 2.52 bits per heavy atom. The Kier molecular flexibility index (Phi) is 6.76. The standard InChI is InChI=1S/C21H29N5O/c1-3-4-8-11-22-21(27)18-16-19(26-14-12-25(2)13-15-26)24-20(23-18)17-9-6-5-7-10-17/h5-7,9-10,16H,3-4,8,11-15H2,1-2H3,(H,22,27). The van der Waals surface area contributed by atoms with E-state index in [4.69, 9.17) is 4.98 Å². The lowest BCUT2D eigenvalue weighted by Gasteiger charge is -2.33. The van der Waals surface area contributed by atoms with Gasteiger partial charge in [0.05, 0.1) is 0 Å². The molecule has 1 aromatic carbocycles. The van der Waals surface area contributed by atoms with E-state index in [1.165, 1.54) is 0 Å². The third-order valence-electron chi connectivity index (χ3n) is 4.87. The molecule has 1 saturated heterocycles. The molecule has 0 saturated carbocycles. The first kappa shape index (κ1) is 19.3. The van der Waals surface area contributed by atoms with Crippen molar-refractivity contribution in [2.24, 2.45) is 0 Å². The van der Waals surface area contributed by atoms with Gasteiger partial charge in [-0.2, -0.15) is 0 Å². The highest BCUT2D eigenvalue weighted by atomic mass is 16.1. The van der Waals surface area contributed by atoms with Gasteiger partial charge in [0.2, 0.25) is 0 Å². The van der Waals surface area contributed by atoms with Gasteiger partial charge in [0.25, 0.3) is 5.91 Å². The van der Waals surface area contributed by atoms with E-state index < -0.39 is 0 Å². The Bertz CT molecular complexity index is 741. The summed E-state index contributed by atoms with van der Waals surface area (Å²) >= 11 is 0. The van der Waals surface area contributed by atoms with Crippen LogP contribution in [0.25, 0.3) is 11.4 Å². The number of piperazine rings is 1. The molecule has 2 heterocycles. The van der Waals surface area contributed by atoms with Crippen LogP contribution in [0, 0.1) is 0 Å². The third-order valence-corrected chi connectivity index (χ3v) is 4.87. The SMILES string of the molecule is CCCCCNC(=O)c1cc(N2CCN(C)CC2)nc(-c2ccccc2)n1. The molecule has 0 aliphatic carbocycles. The molecule has 144 valence electrons. The van der Waals surface area contributed by atoms with Crippen LogP contribution in [-0.2, 0) is 0 Å². The lowest BCUT2D eigenvalue weighted by Crippen LogP contribution is -2.45. The van der Waals surface area contributed by atoms with Crippen molar-refractivity contribution in [3.8, 4) is 11.4 Å². The summed E-state index contributed by atoms with van der Waals surface area (Å²) in [4.78, 5) is 26.5. The van der Waals surface area contributed by atoms with Crippen LogP contribution in [-0.4, -0.2) is 60.5 Å². The number of amides is 1. The van der Waals surface area contributed by atoms with Gasteiger partial charge in [0, 0.05) is 44.4 Å². The number of aromatic nitrogens is 2. The molecule has 6 nitrogen and oxygen atoms in total. The second-order valence-corrected chi connectivity index (χ2v) is 7.05. The Labute approximate surface area is 161 Å². The molecule has 1 amide bonds. The Balaban J connectivity index is 1.85. The number of nitrogens with zero attached hydrogens (tertiary/aromatic N) is 4. The highest BCUT2D eigenvalue weighted by molar-refractivity contribution is 5.93. The molecule has 3 rings (SSSR count). The zero-order valence-electron chi connectivity index (χ0n) is 16.3. The number of likely N-dealkylation sites (N-methyl/N-ethyl adjacent to an activating group) is 1. The summed E-state index contributed by atoms with van der Waals surface area (Å²) in [6.07, 6.45) is 3.24. The van der Waals surface area contributed by atoms with Gasteiger partial charge in [-0.15, -0.1) is 0 Å². The maximum atomic E-state index is 12.7. The van der Waals surface area contributed by atoms with Crippen molar-refractivity contribution in [3.05, 3.63) is 42.1 Å². The van der Waals surface area contributed by atoms with Gasteiger partial charge in [-0.05, 0) is 13.5 Å². The van der Waals surface area contributed by atoms with Crippen molar-refractivity contribution in [1.82, 2.24) is 20.2 Å². The smallest absolute Gasteiger partial charge is 0.270 e. The van der Waals surface area contributed by atoms with E-state index in [9.17, 15) is 4.79 Å². The topological polar surface area (TPSA) is 61.4 Å². The molecule has 1 aliphatic rings. The zero-order valence-corrected chi connectivity index (χ0v) is 16.3. The van der Waals surface area contributed by atoms with Crippen LogP contribution in [0.3, 0.4) is 0 Å². The van der Waals surface area contributed by atoms with Crippen LogP contribution in [0.5, 0.6) is 0 Å². The van der Waals surface area contributed by atoms with E-state index in [2.05, 4.69) is 34.1 Å². The van der Waals surface area contributed by atoms with Crippen LogP contribution in [0.4, 0.5) is 5.82 Å². The van der Waals surface area contributed by atoms with Crippen LogP contribution < -0.4 is 10.2 Å². The quantitative estimate of drug-likeness (QED) is 0.763. The summed E-state index contributed by atoms with van der Waals surface area (Å²) in [6.45, 7) is 6.62. The first-order valence-corrected chi connectivity index (χ1v) is 9.83. The molecule has 0 radical (unpaired) electrons. The number of carbonyl (C=O) groups excluding carboxylic acids is 1. The molecule has 1 aliphatic heterocycles. The zero-order chi connectivity index (χ0) is 19.1. The molecule has 0 unspecified atom stereocenters. The summed E-state index contributed by atoms with van der Waals surface area (Å²) in [5, 5.41) is 2.99. The molecule has 1 fully saturated rings. The normalized spacial score (nSPS) is 15.0. The van der Waals surface area contributed by atoms with Crippen molar-refractivity contribution < 1.29 is 4.79 Å². The van der Waals surface area contributed by atoms with Gasteiger partial charge in [0.1, 0.15) is 11.5 Å². The van der Waals surface area contributed by atoms with Crippen molar-refractivity contribution in [2.75, 3.05) is 44.7 Å². The lowest BCUT2D eigenvalue weighted by molar-refractivity contribution is 0.0948. The number of benzene rings is 1. The second kappa shape index (κ2) is 9.46. The minimum atomic E-state index is -0.124. The van der Waals surface area contributed by atoms with Gasteiger partial charge in [-0.25, -0.2) is 9.97 Å². The third kappa shape index (κ3) is 5.26. The highest BCUT2D eigenvalue weighted by Gasteiger charge is 2.19. The van der Waals surface area contributed by atoms with Crippen molar-refractivity contribution in [3.63, 3.8) is 0 Å². The van der Waals surface area contributed by atoms with E-state index in [1.54, 1.807) is 0 Å². The number of nitrogens with one attached hydrogen (secondary N) is 1. The molecular weight excluding hydrogens is 338 g/mol. The fraction of sp³-hybridized carbons (Fsp3) is 0.476. The summed E-state index contributed by atoms with van der Waals surface area (Å²) < 4.78 is 0. The number of unbranched alkanes of at least 4 members (excludes halogenated alkanes) is 2. The monoisotopic (exact) mass is 367 g/mol. The largest absolute Gasteiger partial charge is 0.354 e. The molecule has 6 heteroatoms. The minimum absolute atomic E-state index is 0.124. The second-order valence-electron chi connectivity index (χ2n) is 7.05. The van der Waals surface area contributed by atoms with Gasteiger partial charge in [-0.3, -0.25) is 4.79 Å². The number of hydrogen-bond acceptors (Lipinski definition) is 5. The lowest BCUT2D eigenvalue weighted by atomic mass is 10.2. The average molecular weight is 367 g/mol. The number of rotatable bonds is 7. The molecule has 2 aromatic rings. The van der Waals surface area contributed by atoms with Crippen LogP contribution >= 0.6 is 0 Å². The molecule has 0 spiro atoms. The van der Waals surface area contributed by atoms with E-state index >= 15 is 0 Å². The van der Waals surface area contributed by atoms with Gasteiger partial charge >= 0.3 is 0 Å². The fourth-order valence-electron chi connectivity index (χ4n) is 3.13. The summed E-state index contributed by atoms with van der Waals surface area (Å²) in [5.74, 6) is 1.31. The summed E-state index contributed by atoms with van der Waals surface area (Å²) in [6, 6.07) is 11.7. The molecule has 0 atom stereocenters. The molecule has 1 aromatic heterocycles. The number of hydrogen-bond donors (Lipinski definition) is 1. The van der Waals surface area contributed by atoms with E-state index in [-0.39, 0.29) is 5.91 Å². The maximum Gasteiger partial charge on any atom is 0.270 e. The first-order valence-electron chi connectivity index (χ1n) is 9.83.